The third-order valence-electron chi connectivity index (χ3n) is 2.57. The summed E-state index contributed by atoms with van der Waals surface area (Å²) in [5, 5.41) is 0. The Morgan fingerprint density at radius 2 is 1.69 bits per heavy atom. The van der Waals surface area contributed by atoms with Gasteiger partial charge in [-0.25, -0.2) is 0 Å². The molecule has 1 aromatic rings. The van der Waals surface area contributed by atoms with Crippen molar-refractivity contribution >= 4 is 28.4 Å². The first-order valence-electron chi connectivity index (χ1n) is 5.93. The molecule has 0 N–H and O–H groups in total. The van der Waals surface area contributed by atoms with E-state index in [1.165, 1.54) is 47.0 Å². The lowest BCUT2D eigenvalue weighted by molar-refractivity contribution is 0.970. The van der Waals surface area contributed by atoms with Crippen LogP contribution in [-0.4, -0.2) is 17.3 Å². The lowest BCUT2D eigenvalue weighted by Gasteiger charge is -2.10. The van der Waals surface area contributed by atoms with E-state index >= 15 is 0 Å². The first-order valence-corrected chi connectivity index (χ1v) is 8.07. The standard InChI is InChI=1S/C14H18S2/c1-2-7-13(8-3-1)14-9-4-5-10-15-11-6-12-16-14/h1-3,7-9H,4-6,10-12H2/b14-9+. The second-order valence-corrected chi connectivity index (χ2v) is 6.25. The van der Waals surface area contributed by atoms with E-state index in [0.29, 0.717) is 0 Å². The Morgan fingerprint density at radius 1 is 0.875 bits per heavy atom. The zero-order valence-corrected chi connectivity index (χ0v) is 11.2. The molecule has 0 nitrogen and oxygen atoms in total. The van der Waals surface area contributed by atoms with E-state index in [9.17, 15) is 0 Å². The highest BCUT2D eigenvalue weighted by molar-refractivity contribution is 8.08. The van der Waals surface area contributed by atoms with E-state index in [1.807, 2.05) is 11.8 Å². The molecule has 0 amide bonds. The molecule has 0 saturated heterocycles. The molecule has 86 valence electrons. The van der Waals surface area contributed by atoms with E-state index < -0.39 is 0 Å². The molecule has 2 heteroatoms. The van der Waals surface area contributed by atoms with Gasteiger partial charge in [-0.2, -0.15) is 11.8 Å². The number of thioether (sulfide) groups is 2. The van der Waals surface area contributed by atoms with Crippen LogP contribution in [0.5, 0.6) is 0 Å². The molecule has 1 aromatic carbocycles. The largest absolute Gasteiger partial charge is 0.162 e. The molecule has 0 radical (unpaired) electrons. The quantitative estimate of drug-likeness (QED) is 0.710. The normalized spacial score (nSPS) is 22.1. The second-order valence-electron chi connectivity index (χ2n) is 3.89. The average Bonchev–Trinajstić information content (AvgIpc) is 2.37. The number of rotatable bonds is 1. The maximum Gasteiger partial charge on any atom is 0.0104 e. The minimum absolute atomic E-state index is 1.23. The fourth-order valence-corrected chi connectivity index (χ4v) is 3.88. The van der Waals surface area contributed by atoms with Gasteiger partial charge in [0.05, 0.1) is 0 Å². The smallest absolute Gasteiger partial charge is 0.0104 e. The van der Waals surface area contributed by atoms with Crippen molar-refractivity contribution in [3.63, 3.8) is 0 Å². The van der Waals surface area contributed by atoms with Gasteiger partial charge < -0.3 is 0 Å². The Morgan fingerprint density at radius 3 is 2.56 bits per heavy atom. The van der Waals surface area contributed by atoms with Crippen molar-refractivity contribution in [2.45, 2.75) is 19.3 Å². The molecule has 0 unspecified atom stereocenters. The highest BCUT2D eigenvalue weighted by Crippen LogP contribution is 2.30. The van der Waals surface area contributed by atoms with E-state index in [1.54, 1.807) is 0 Å². The topological polar surface area (TPSA) is 0 Å². The summed E-state index contributed by atoms with van der Waals surface area (Å²) >= 11 is 4.13. The van der Waals surface area contributed by atoms with Crippen LogP contribution in [0.4, 0.5) is 0 Å². The summed E-state index contributed by atoms with van der Waals surface area (Å²) < 4.78 is 0. The first kappa shape index (κ1) is 12.1. The summed E-state index contributed by atoms with van der Waals surface area (Å²) in [6.45, 7) is 0. The van der Waals surface area contributed by atoms with Crippen LogP contribution < -0.4 is 0 Å². The molecule has 0 spiro atoms. The Hall–Kier alpha value is -0.340. The van der Waals surface area contributed by atoms with Gasteiger partial charge in [0.15, 0.2) is 0 Å². The van der Waals surface area contributed by atoms with E-state index in [0.717, 1.165) is 0 Å². The van der Waals surface area contributed by atoms with E-state index in [4.69, 9.17) is 0 Å². The number of hydrogen-bond acceptors (Lipinski definition) is 2. The van der Waals surface area contributed by atoms with Crippen molar-refractivity contribution in [1.82, 2.24) is 0 Å². The predicted molar refractivity (Wildman–Crippen MR) is 78.1 cm³/mol. The van der Waals surface area contributed by atoms with Crippen LogP contribution in [0.2, 0.25) is 0 Å². The van der Waals surface area contributed by atoms with Gasteiger partial charge in [0, 0.05) is 4.91 Å². The molecule has 16 heavy (non-hydrogen) atoms. The molecule has 2 rings (SSSR count). The van der Waals surface area contributed by atoms with Crippen molar-refractivity contribution in [2.75, 3.05) is 17.3 Å². The first-order chi connectivity index (χ1) is 7.97. The van der Waals surface area contributed by atoms with Gasteiger partial charge >= 0.3 is 0 Å². The Labute approximate surface area is 107 Å². The van der Waals surface area contributed by atoms with Crippen LogP contribution in [0.15, 0.2) is 36.4 Å². The van der Waals surface area contributed by atoms with Crippen molar-refractivity contribution in [2.24, 2.45) is 0 Å². The minimum atomic E-state index is 1.23. The van der Waals surface area contributed by atoms with Crippen molar-refractivity contribution in [3.05, 3.63) is 42.0 Å². The van der Waals surface area contributed by atoms with Crippen LogP contribution in [0.25, 0.3) is 4.91 Å². The maximum absolute atomic E-state index is 2.42. The highest BCUT2D eigenvalue weighted by atomic mass is 32.2. The maximum atomic E-state index is 2.42. The summed E-state index contributed by atoms with van der Waals surface area (Å²) in [6.07, 6.45) is 6.30. The Balaban J connectivity index is 2.07. The summed E-state index contributed by atoms with van der Waals surface area (Å²) in [4.78, 5) is 1.48. The van der Waals surface area contributed by atoms with Gasteiger partial charge in [0.25, 0.3) is 0 Å². The van der Waals surface area contributed by atoms with Gasteiger partial charge in [-0.05, 0) is 42.1 Å². The summed E-state index contributed by atoms with van der Waals surface area (Å²) in [5.74, 6) is 3.91. The zero-order chi connectivity index (χ0) is 11.1. The predicted octanol–water partition coefficient (Wildman–Crippen LogP) is 4.68. The molecule has 0 aromatic heterocycles. The van der Waals surface area contributed by atoms with Gasteiger partial charge in [0.2, 0.25) is 0 Å². The average molecular weight is 250 g/mol. The summed E-state index contributed by atoms with van der Waals surface area (Å²) in [5.41, 5.74) is 1.39. The van der Waals surface area contributed by atoms with Crippen molar-refractivity contribution in [3.8, 4) is 0 Å². The fraction of sp³-hybridized carbons (Fsp3) is 0.429. The second kappa shape index (κ2) is 7.08. The highest BCUT2D eigenvalue weighted by Gasteiger charge is 2.03. The summed E-state index contributed by atoms with van der Waals surface area (Å²) in [7, 11) is 0. The number of allylic oxidation sites excluding steroid dienone is 1. The van der Waals surface area contributed by atoms with Crippen LogP contribution in [-0.2, 0) is 0 Å². The molecular weight excluding hydrogens is 232 g/mol. The molecule has 0 saturated carbocycles. The molecule has 1 aliphatic rings. The third-order valence-corrected chi connectivity index (χ3v) is 4.93. The molecule has 1 heterocycles. The van der Waals surface area contributed by atoms with Crippen LogP contribution >= 0.6 is 23.5 Å². The lowest BCUT2D eigenvalue weighted by Crippen LogP contribution is -1.91. The monoisotopic (exact) mass is 250 g/mol. The molecule has 0 bridgehead atoms. The number of benzene rings is 1. The lowest BCUT2D eigenvalue weighted by atomic mass is 10.2. The van der Waals surface area contributed by atoms with Crippen LogP contribution in [0.1, 0.15) is 24.8 Å². The van der Waals surface area contributed by atoms with Gasteiger partial charge in [-0.1, -0.05) is 36.4 Å². The van der Waals surface area contributed by atoms with Crippen molar-refractivity contribution in [1.29, 1.82) is 0 Å². The molecular formula is C14H18S2. The molecule has 0 aliphatic carbocycles. The zero-order valence-electron chi connectivity index (χ0n) is 9.52. The van der Waals surface area contributed by atoms with Gasteiger partial charge in [-0.3, -0.25) is 0 Å². The van der Waals surface area contributed by atoms with E-state index in [-0.39, 0.29) is 0 Å². The third kappa shape index (κ3) is 3.91. The molecule has 0 atom stereocenters. The van der Waals surface area contributed by atoms with Crippen LogP contribution in [0, 0.1) is 0 Å². The van der Waals surface area contributed by atoms with Gasteiger partial charge in [-0.15, -0.1) is 11.8 Å². The Kier molecular flexibility index (Phi) is 5.36. The van der Waals surface area contributed by atoms with Crippen molar-refractivity contribution < 1.29 is 0 Å². The summed E-state index contributed by atoms with van der Waals surface area (Å²) in [6, 6.07) is 10.8. The number of hydrogen-bond donors (Lipinski definition) is 0. The fourth-order valence-electron chi connectivity index (χ4n) is 1.73. The minimum Gasteiger partial charge on any atom is -0.162 e. The van der Waals surface area contributed by atoms with E-state index in [2.05, 4.69) is 48.2 Å². The molecule has 0 fully saturated rings. The Bertz CT molecular complexity index is 330. The molecule has 1 aliphatic heterocycles. The van der Waals surface area contributed by atoms with Gasteiger partial charge in [0.1, 0.15) is 0 Å². The van der Waals surface area contributed by atoms with Crippen LogP contribution in [0.3, 0.4) is 0 Å². The SMILES string of the molecule is C1=C(\c2ccccc2)SCCCSCCC/1.